The van der Waals surface area contributed by atoms with Gasteiger partial charge in [0.25, 0.3) is 11.8 Å². The summed E-state index contributed by atoms with van der Waals surface area (Å²) in [6, 6.07) is 10.7. The highest BCUT2D eigenvalue weighted by molar-refractivity contribution is 9.10. The van der Waals surface area contributed by atoms with E-state index in [0.717, 1.165) is 6.07 Å². The van der Waals surface area contributed by atoms with E-state index in [1.54, 1.807) is 29.2 Å². The van der Waals surface area contributed by atoms with Crippen LogP contribution < -0.4 is 5.32 Å². The number of carbonyl (C=O) groups is 2. The number of anilines is 1. The Bertz CT molecular complexity index is 864. The van der Waals surface area contributed by atoms with E-state index in [1.807, 2.05) is 13.8 Å². The van der Waals surface area contributed by atoms with Gasteiger partial charge >= 0.3 is 0 Å². The third kappa shape index (κ3) is 4.54. The number of nitrogens with one attached hydrogen (secondary N) is 1. The third-order valence-corrected chi connectivity index (χ3v) is 4.98. The van der Waals surface area contributed by atoms with Gasteiger partial charge in [0, 0.05) is 17.6 Å². The number of amides is 2. The van der Waals surface area contributed by atoms with Gasteiger partial charge in [0.1, 0.15) is 5.82 Å². The third-order valence-electron chi connectivity index (χ3n) is 4.29. The van der Waals surface area contributed by atoms with Crippen LogP contribution in [0.2, 0.25) is 0 Å². The van der Waals surface area contributed by atoms with Crippen LogP contribution in [0.15, 0.2) is 46.9 Å². The normalized spacial score (nSPS) is 19.6. The summed E-state index contributed by atoms with van der Waals surface area (Å²) in [4.78, 5) is 27.3. The maximum atomic E-state index is 13.5. The van der Waals surface area contributed by atoms with Crippen LogP contribution in [0.3, 0.4) is 0 Å². The van der Waals surface area contributed by atoms with E-state index in [2.05, 4.69) is 21.2 Å². The summed E-state index contributed by atoms with van der Waals surface area (Å²) in [5.74, 6) is -1.18. The van der Waals surface area contributed by atoms with Crippen molar-refractivity contribution in [3.63, 3.8) is 0 Å². The Morgan fingerprint density at radius 2 is 1.78 bits per heavy atom. The Labute approximate surface area is 165 Å². The molecule has 0 aliphatic carbocycles. The van der Waals surface area contributed by atoms with Crippen molar-refractivity contribution in [2.24, 2.45) is 0 Å². The summed E-state index contributed by atoms with van der Waals surface area (Å²) in [6.45, 7) is 4.82. The van der Waals surface area contributed by atoms with Gasteiger partial charge in [-0.2, -0.15) is 0 Å². The van der Waals surface area contributed by atoms with E-state index >= 15 is 0 Å². The molecule has 0 radical (unpaired) electrons. The zero-order valence-electron chi connectivity index (χ0n) is 15.0. The van der Waals surface area contributed by atoms with E-state index in [9.17, 15) is 14.0 Å². The molecule has 3 rings (SSSR count). The van der Waals surface area contributed by atoms with Crippen LogP contribution in [0.1, 0.15) is 34.6 Å². The quantitative estimate of drug-likeness (QED) is 0.791. The maximum absolute atomic E-state index is 13.5. The molecular formula is C20H20BrFN2O3. The molecule has 0 bridgehead atoms. The van der Waals surface area contributed by atoms with Crippen molar-refractivity contribution >= 4 is 33.4 Å². The van der Waals surface area contributed by atoms with Crippen molar-refractivity contribution in [3.8, 4) is 0 Å². The predicted octanol–water partition coefficient (Wildman–Crippen LogP) is 4.09. The summed E-state index contributed by atoms with van der Waals surface area (Å²) < 4.78 is 19.6. The second-order valence-electron chi connectivity index (χ2n) is 6.59. The topological polar surface area (TPSA) is 58.6 Å². The molecule has 1 aliphatic heterocycles. The molecule has 2 amide bonds. The Balaban J connectivity index is 1.84. The highest BCUT2D eigenvalue weighted by Gasteiger charge is 2.28. The first-order valence-corrected chi connectivity index (χ1v) is 9.44. The van der Waals surface area contributed by atoms with Crippen LogP contribution in [-0.4, -0.2) is 42.0 Å². The minimum absolute atomic E-state index is 0.0531. The summed E-state index contributed by atoms with van der Waals surface area (Å²) in [5.41, 5.74) is 0.931. The highest BCUT2D eigenvalue weighted by Crippen LogP contribution is 2.23. The number of halogens is 2. The van der Waals surface area contributed by atoms with Gasteiger partial charge in [0.15, 0.2) is 0 Å². The number of hydrogen-bond donors (Lipinski definition) is 1. The van der Waals surface area contributed by atoms with E-state index in [4.69, 9.17) is 4.74 Å². The summed E-state index contributed by atoms with van der Waals surface area (Å²) in [6.07, 6.45) is -0.106. The molecule has 142 valence electrons. The number of rotatable bonds is 3. The van der Waals surface area contributed by atoms with Crippen molar-refractivity contribution in [3.05, 3.63) is 63.9 Å². The molecule has 0 spiro atoms. The van der Waals surface area contributed by atoms with Crippen LogP contribution >= 0.6 is 15.9 Å². The zero-order chi connectivity index (χ0) is 19.6. The van der Waals surface area contributed by atoms with Crippen molar-refractivity contribution in [2.75, 3.05) is 18.4 Å². The molecule has 7 heteroatoms. The molecule has 1 heterocycles. The monoisotopic (exact) mass is 434 g/mol. The molecule has 1 saturated heterocycles. The van der Waals surface area contributed by atoms with Gasteiger partial charge in [-0.15, -0.1) is 0 Å². The lowest BCUT2D eigenvalue weighted by molar-refractivity contribution is -0.0585. The summed E-state index contributed by atoms with van der Waals surface area (Å²) >= 11 is 3.25. The number of hydrogen-bond acceptors (Lipinski definition) is 3. The minimum Gasteiger partial charge on any atom is -0.372 e. The Kier molecular flexibility index (Phi) is 5.92. The first-order chi connectivity index (χ1) is 12.8. The van der Waals surface area contributed by atoms with Gasteiger partial charge in [-0.3, -0.25) is 9.59 Å². The molecule has 0 aromatic heterocycles. The number of carbonyl (C=O) groups excluding carboxylic acids is 2. The molecule has 2 aromatic carbocycles. The van der Waals surface area contributed by atoms with Crippen LogP contribution in [0, 0.1) is 5.82 Å². The van der Waals surface area contributed by atoms with Gasteiger partial charge in [-0.1, -0.05) is 12.1 Å². The second kappa shape index (κ2) is 8.19. The Hall–Kier alpha value is -2.25. The first-order valence-electron chi connectivity index (χ1n) is 8.65. The molecule has 1 fully saturated rings. The van der Waals surface area contributed by atoms with Gasteiger partial charge in [0.2, 0.25) is 0 Å². The largest absolute Gasteiger partial charge is 0.372 e. The van der Waals surface area contributed by atoms with Crippen molar-refractivity contribution in [1.29, 1.82) is 0 Å². The number of nitrogens with zero attached hydrogens (tertiary/aromatic N) is 1. The molecule has 27 heavy (non-hydrogen) atoms. The average Bonchev–Trinajstić information content (AvgIpc) is 2.62. The van der Waals surface area contributed by atoms with Gasteiger partial charge in [-0.05, 0) is 60.1 Å². The molecule has 1 N–H and O–H groups in total. The Morgan fingerprint density at radius 3 is 2.48 bits per heavy atom. The van der Waals surface area contributed by atoms with Gasteiger partial charge < -0.3 is 15.0 Å². The van der Waals surface area contributed by atoms with E-state index < -0.39 is 11.7 Å². The first kappa shape index (κ1) is 19.5. The number of morpholine rings is 1. The van der Waals surface area contributed by atoms with E-state index in [0.29, 0.717) is 28.8 Å². The molecule has 0 saturated carbocycles. The Morgan fingerprint density at radius 1 is 1.11 bits per heavy atom. The van der Waals surface area contributed by atoms with Crippen LogP contribution in [0.4, 0.5) is 10.1 Å². The predicted molar refractivity (Wildman–Crippen MR) is 104 cm³/mol. The zero-order valence-corrected chi connectivity index (χ0v) is 16.6. The highest BCUT2D eigenvalue weighted by atomic mass is 79.9. The fourth-order valence-corrected chi connectivity index (χ4v) is 3.58. The van der Waals surface area contributed by atoms with E-state index in [-0.39, 0.29) is 23.7 Å². The maximum Gasteiger partial charge on any atom is 0.256 e. The summed E-state index contributed by atoms with van der Waals surface area (Å²) in [5, 5.41) is 2.72. The second-order valence-corrected chi connectivity index (χ2v) is 7.45. The molecule has 2 aromatic rings. The van der Waals surface area contributed by atoms with Crippen molar-refractivity contribution < 1.29 is 18.7 Å². The standard InChI is InChI=1S/C20H20BrFN2O3/c1-12-10-24(11-13(2)27-12)20(26)15-5-3-4-6-18(15)23-19(25)16-9-14(22)7-8-17(16)21/h3-9,12-13H,10-11H2,1-2H3,(H,23,25)/t12-,13-/m1/s1. The van der Waals surface area contributed by atoms with Crippen LogP contribution in [0.25, 0.3) is 0 Å². The van der Waals surface area contributed by atoms with Gasteiger partial charge in [0.05, 0.1) is 29.0 Å². The molecule has 0 unspecified atom stereocenters. The van der Waals surface area contributed by atoms with Crippen LogP contribution in [-0.2, 0) is 4.74 Å². The lowest BCUT2D eigenvalue weighted by atomic mass is 10.1. The lowest BCUT2D eigenvalue weighted by Gasteiger charge is -2.35. The lowest BCUT2D eigenvalue weighted by Crippen LogP contribution is -2.48. The molecule has 5 nitrogen and oxygen atoms in total. The van der Waals surface area contributed by atoms with Crippen molar-refractivity contribution in [1.82, 2.24) is 4.90 Å². The van der Waals surface area contributed by atoms with Crippen molar-refractivity contribution in [2.45, 2.75) is 26.1 Å². The minimum atomic E-state index is -0.510. The fourth-order valence-electron chi connectivity index (χ4n) is 3.15. The smallest absolute Gasteiger partial charge is 0.256 e. The number of para-hydroxylation sites is 1. The van der Waals surface area contributed by atoms with E-state index in [1.165, 1.54) is 12.1 Å². The fraction of sp³-hybridized carbons (Fsp3) is 0.300. The molecule has 1 aliphatic rings. The average molecular weight is 435 g/mol. The number of ether oxygens (including phenoxy) is 1. The SMILES string of the molecule is C[C@@H]1CN(C(=O)c2ccccc2NC(=O)c2cc(F)ccc2Br)C[C@@H](C)O1. The molecular weight excluding hydrogens is 415 g/mol. The number of benzene rings is 2. The van der Waals surface area contributed by atoms with Gasteiger partial charge in [-0.25, -0.2) is 4.39 Å². The molecule has 2 atom stereocenters. The summed E-state index contributed by atoms with van der Waals surface area (Å²) in [7, 11) is 0. The van der Waals surface area contributed by atoms with Crippen LogP contribution in [0.5, 0.6) is 0 Å².